The normalized spacial score (nSPS) is 15.2. The maximum atomic E-state index is 3.57. The van der Waals surface area contributed by atoms with Crippen LogP contribution in [0.2, 0.25) is 0 Å². The van der Waals surface area contributed by atoms with Gasteiger partial charge in [0, 0.05) is 0 Å². The van der Waals surface area contributed by atoms with Gasteiger partial charge in [0.25, 0.3) is 0 Å². The fourth-order valence-electron chi connectivity index (χ4n) is 2.29. The summed E-state index contributed by atoms with van der Waals surface area (Å²) in [6.45, 7) is 13.9. The van der Waals surface area contributed by atoms with Gasteiger partial charge in [0.1, 0.15) is 0 Å². The lowest BCUT2D eigenvalue weighted by atomic mass is 9.91. The molecule has 0 saturated carbocycles. The predicted molar refractivity (Wildman–Crippen MR) is 79.4 cm³/mol. The minimum Gasteiger partial charge on any atom is -0.316 e. The molecule has 0 heterocycles. The van der Waals surface area contributed by atoms with Crippen LogP contribution in [0.25, 0.3) is 0 Å². The van der Waals surface area contributed by atoms with Crippen molar-refractivity contribution in [3.05, 3.63) is 0 Å². The van der Waals surface area contributed by atoms with Gasteiger partial charge < -0.3 is 5.32 Å². The fourth-order valence-corrected chi connectivity index (χ4v) is 2.29. The number of hydrogen-bond acceptors (Lipinski definition) is 1. The second-order valence-corrected chi connectivity index (χ2v) is 6.15. The first kappa shape index (κ1) is 17.0. The lowest BCUT2D eigenvalue weighted by molar-refractivity contribution is 0.360. The number of rotatable bonds is 11. The Hall–Kier alpha value is -0.0400. The number of unbranched alkanes of at least 4 members (excludes halogenated alkanes) is 1. The van der Waals surface area contributed by atoms with E-state index >= 15 is 0 Å². The van der Waals surface area contributed by atoms with E-state index in [1.54, 1.807) is 0 Å². The topological polar surface area (TPSA) is 12.0 Å². The molecule has 0 aliphatic carbocycles. The highest BCUT2D eigenvalue weighted by Gasteiger charge is 2.09. The Balaban J connectivity index is 3.55. The molecule has 0 fully saturated rings. The maximum Gasteiger partial charge on any atom is -0.00230 e. The molecule has 0 saturated heterocycles. The van der Waals surface area contributed by atoms with Crippen LogP contribution in [0, 0.1) is 17.8 Å². The van der Waals surface area contributed by atoms with Gasteiger partial charge in [-0.05, 0) is 37.3 Å². The van der Waals surface area contributed by atoms with Gasteiger partial charge in [0.15, 0.2) is 0 Å². The molecule has 0 aromatic rings. The van der Waals surface area contributed by atoms with Crippen molar-refractivity contribution in [2.45, 2.75) is 73.1 Å². The molecule has 2 atom stereocenters. The van der Waals surface area contributed by atoms with Crippen LogP contribution < -0.4 is 5.32 Å². The van der Waals surface area contributed by atoms with E-state index in [0.29, 0.717) is 0 Å². The summed E-state index contributed by atoms with van der Waals surface area (Å²) in [7, 11) is 0. The fraction of sp³-hybridized carbons (Fsp3) is 1.00. The van der Waals surface area contributed by atoms with Crippen LogP contribution in [-0.2, 0) is 0 Å². The van der Waals surface area contributed by atoms with E-state index in [2.05, 4.69) is 39.9 Å². The van der Waals surface area contributed by atoms with Gasteiger partial charge >= 0.3 is 0 Å². The second kappa shape index (κ2) is 11.1. The SMILES string of the molecule is CCCCC(CC)CCC(C)CNCC(C)C. The van der Waals surface area contributed by atoms with Crippen LogP contribution in [0.4, 0.5) is 0 Å². The average Bonchev–Trinajstić information content (AvgIpc) is 2.29. The Morgan fingerprint density at radius 1 is 0.882 bits per heavy atom. The van der Waals surface area contributed by atoms with Gasteiger partial charge in [-0.15, -0.1) is 0 Å². The monoisotopic (exact) mass is 241 g/mol. The first-order chi connectivity index (χ1) is 8.10. The van der Waals surface area contributed by atoms with Gasteiger partial charge in [-0.1, -0.05) is 66.7 Å². The van der Waals surface area contributed by atoms with Gasteiger partial charge in [-0.2, -0.15) is 0 Å². The summed E-state index contributed by atoms with van der Waals surface area (Å²) in [6.07, 6.45) is 8.40. The number of hydrogen-bond donors (Lipinski definition) is 1. The third-order valence-electron chi connectivity index (χ3n) is 3.66. The summed E-state index contributed by atoms with van der Waals surface area (Å²) in [4.78, 5) is 0. The van der Waals surface area contributed by atoms with Crippen molar-refractivity contribution >= 4 is 0 Å². The zero-order chi connectivity index (χ0) is 13.1. The van der Waals surface area contributed by atoms with Gasteiger partial charge in [0.2, 0.25) is 0 Å². The molecule has 0 amide bonds. The molecule has 1 N–H and O–H groups in total. The van der Waals surface area contributed by atoms with Crippen LogP contribution in [0.1, 0.15) is 73.1 Å². The third-order valence-corrected chi connectivity index (χ3v) is 3.66. The lowest BCUT2D eigenvalue weighted by Crippen LogP contribution is -2.25. The maximum absolute atomic E-state index is 3.57. The van der Waals surface area contributed by atoms with Gasteiger partial charge in [0.05, 0.1) is 0 Å². The lowest BCUT2D eigenvalue weighted by Gasteiger charge is -2.18. The van der Waals surface area contributed by atoms with Gasteiger partial charge in [-0.3, -0.25) is 0 Å². The van der Waals surface area contributed by atoms with E-state index < -0.39 is 0 Å². The van der Waals surface area contributed by atoms with Crippen LogP contribution in [0.15, 0.2) is 0 Å². The Bertz CT molecular complexity index is 154. The zero-order valence-corrected chi connectivity index (χ0v) is 12.9. The zero-order valence-electron chi connectivity index (χ0n) is 12.9. The Morgan fingerprint density at radius 3 is 2.12 bits per heavy atom. The van der Waals surface area contributed by atoms with E-state index in [1.165, 1.54) is 45.1 Å². The third kappa shape index (κ3) is 10.8. The number of nitrogens with one attached hydrogen (secondary N) is 1. The van der Waals surface area contributed by atoms with Crippen molar-refractivity contribution < 1.29 is 0 Å². The molecule has 0 aromatic heterocycles. The molecule has 104 valence electrons. The molecule has 1 heteroatoms. The molecule has 0 bridgehead atoms. The Morgan fingerprint density at radius 2 is 1.59 bits per heavy atom. The molecular formula is C16H35N. The minimum absolute atomic E-state index is 0.773. The highest BCUT2D eigenvalue weighted by molar-refractivity contribution is 4.63. The molecule has 0 rings (SSSR count). The van der Waals surface area contributed by atoms with Crippen molar-refractivity contribution in [2.75, 3.05) is 13.1 Å². The molecule has 17 heavy (non-hydrogen) atoms. The van der Waals surface area contributed by atoms with Crippen LogP contribution >= 0.6 is 0 Å². The van der Waals surface area contributed by atoms with Crippen molar-refractivity contribution in [3.8, 4) is 0 Å². The molecule has 0 radical (unpaired) electrons. The molecule has 0 spiro atoms. The average molecular weight is 241 g/mol. The van der Waals surface area contributed by atoms with Crippen molar-refractivity contribution in [2.24, 2.45) is 17.8 Å². The summed E-state index contributed by atoms with van der Waals surface area (Å²) >= 11 is 0. The quantitative estimate of drug-likeness (QED) is 0.544. The van der Waals surface area contributed by atoms with Crippen molar-refractivity contribution in [1.29, 1.82) is 0 Å². The molecular weight excluding hydrogens is 206 g/mol. The summed E-state index contributed by atoms with van der Waals surface area (Å²) in [5.74, 6) is 2.59. The van der Waals surface area contributed by atoms with Crippen LogP contribution in [0.5, 0.6) is 0 Å². The van der Waals surface area contributed by atoms with Crippen LogP contribution in [-0.4, -0.2) is 13.1 Å². The summed E-state index contributed by atoms with van der Waals surface area (Å²) in [5, 5.41) is 3.57. The largest absolute Gasteiger partial charge is 0.316 e. The first-order valence-corrected chi connectivity index (χ1v) is 7.80. The molecule has 1 nitrogen and oxygen atoms in total. The van der Waals surface area contributed by atoms with Crippen molar-refractivity contribution in [3.63, 3.8) is 0 Å². The molecule has 0 aliphatic rings. The van der Waals surface area contributed by atoms with Crippen molar-refractivity contribution in [1.82, 2.24) is 5.32 Å². The summed E-state index contributed by atoms with van der Waals surface area (Å²) in [6, 6.07) is 0. The standard InChI is InChI=1S/C16H35N/c1-6-8-9-16(7-2)11-10-15(5)13-17-12-14(3)4/h14-17H,6-13H2,1-5H3. The summed E-state index contributed by atoms with van der Waals surface area (Å²) < 4.78 is 0. The Labute approximate surface area is 110 Å². The first-order valence-electron chi connectivity index (χ1n) is 7.80. The van der Waals surface area contributed by atoms with E-state index in [4.69, 9.17) is 0 Å². The van der Waals surface area contributed by atoms with Gasteiger partial charge in [-0.25, -0.2) is 0 Å². The molecule has 0 aromatic carbocycles. The highest BCUT2D eigenvalue weighted by atomic mass is 14.9. The smallest absolute Gasteiger partial charge is 0.00230 e. The highest BCUT2D eigenvalue weighted by Crippen LogP contribution is 2.20. The summed E-state index contributed by atoms with van der Waals surface area (Å²) in [5.41, 5.74) is 0. The Kier molecular flexibility index (Phi) is 11.0. The van der Waals surface area contributed by atoms with E-state index in [9.17, 15) is 0 Å². The van der Waals surface area contributed by atoms with E-state index in [1.807, 2.05) is 0 Å². The second-order valence-electron chi connectivity index (χ2n) is 6.15. The van der Waals surface area contributed by atoms with E-state index in [0.717, 1.165) is 24.3 Å². The predicted octanol–water partition coefficient (Wildman–Crippen LogP) is 4.86. The molecule has 2 unspecified atom stereocenters. The molecule has 0 aliphatic heterocycles. The van der Waals surface area contributed by atoms with Crippen LogP contribution in [0.3, 0.4) is 0 Å². The minimum atomic E-state index is 0.773. The van der Waals surface area contributed by atoms with E-state index in [-0.39, 0.29) is 0 Å².